The van der Waals surface area contributed by atoms with E-state index in [0.717, 1.165) is 12.8 Å². The molecular weight excluding hydrogens is 124 g/mol. The summed E-state index contributed by atoms with van der Waals surface area (Å²) >= 11 is 0. The van der Waals surface area contributed by atoms with Gasteiger partial charge in [-0.2, -0.15) is 0 Å². The van der Waals surface area contributed by atoms with Gasteiger partial charge in [-0.1, -0.05) is 13.8 Å². The van der Waals surface area contributed by atoms with Gasteiger partial charge in [0.15, 0.2) is 0 Å². The first kappa shape index (κ1) is 7.64. The maximum Gasteiger partial charge on any atom is 0.0916 e. The van der Waals surface area contributed by atoms with E-state index >= 15 is 0 Å². The molecule has 0 saturated heterocycles. The average molecular weight is 140 g/mol. The largest absolute Gasteiger partial charge is 0.501 e. The van der Waals surface area contributed by atoms with Crippen LogP contribution in [0.1, 0.15) is 33.1 Å². The van der Waals surface area contributed by atoms with E-state index in [1.165, 1.54) is 12.2 Å². The molecule has 1 rings (SSSR count). The lowest BCUT2D eigenvalue weighted by atomic mass is 9.80. The van der Waals surface area contributed by atoms with Crippen molar-refractivity contribution in [3.05, 3.63) is 11.8 Å². The van der Waals surface area contributed by atoms with Gasteiger partial charge in [-0.3, -0.25) is 0 Å². The van der Waals surface area contributed by atoms with Crippen molar-refractivity contribution in [3.8, 4) is 0 Å². The first-order valence-electron chi connectivity index (χ1n) is 3.87. The zero-order valence-corrected chi connectivity index (χ0v) is 7.11. The molecule has 0 fully saturated rings. The van der Waals surface area contributed by atoms with E-state index in [4.69, 9.17) is 4.74 Å². The van der Waals surface area contributed by atoms with Crippen molar-refractivity contribution in [2.45, 2.75) is 33.1 Å². The Kier molecular flexibility index (Phi) is 2.02. The smallest absolute Gasteiger partial charge is 0.0916 e. The van der Waals surface area contributed by atoms with Gasteiger partial charge in [-0.05, 0) is 24.3 Å². The molecule has 0 N–H and O–H groups in total. The molecule has 0 aromatic rings. The molecule has 0 heterocycles. The molecule has 0 bridgehead atoms. The molecule has 0 amide bonds. The predicted octanol–water partition coefficient (Wildman–Crippen LogP) is 2.73. The average Bonchev–Trinajstić information content (AvgIpc) is 1.88. The summed E-state index contributed by atoms with van der Waals surface area (Å²) in [4.78, 5) is 0. The van der Waals surface area contributed by atoms with Crippen molar-refractivity contribution >= 4 is 0 Å². The van der Waals surface area contributed by atoms with Gasteiger partial charge in [0.05, 0.1) is 12.9 Å². The SMILES string of the molecule is COC1=CCC(C)(C)CC1. The molecule has 0 radical (unpaired) electrons. The van der Waals surface area contributed by atoms with Crippen molar-refractivity contribution in [2.75, 3.05) is 7.11 Å². The van der Waals surface area contributed by atoms with Crippen LogP contribution in [0.25, 0.3) is 0 Å². The second kappa shape index (κ2) is 2.65. The maximum absolute atomic E-state index is 5.15. The Morgan fingerprint density at radius 3 is 2.60 bits per heavy atom. The van der Waals surface area contributed by atoms with Crippen LogP contribution in [0.4, 0.5) is 0 Å². The summed E-state index contributed by atoms with van der Waals surface area (Å²) < 4.78 is 5.15. The summed E-state index contributed by atoms with van der Waals surface area (Å²) in [6.45, 7) is 4.60. The van der Waals surface area contributed by atoms with Crippen molar-refractivity contribution in [3.63, 3.8) is 0 Å². The number of methoxy groups -OCH3 is 1. The van der Waals surface area contributed by atoms with E-state index in [1.807, 2.05) is 0 Å². The highest BCUT2D eigenvalue weighted by molar-refractivity contribution is 5.01. The molecular formula is C9H16O. The molecule has 10 heavy (non-hydrogen) atoms. The van der Waals surface area contributed by atoms with Crippen molar-refractivity contribution in [2.24, 2.45) is 5.41 Å². The van der Waals surface area contributed by atoms with E-state index < -0.39 is 0 Å². The van der Waals surface area contributed by atoms with E-state index in [9.17, 15) is 0 Å². The monoisotopic (exact) mass is 140 g/mol. The van der Waals surface area contributed by atoms with Gasteiger partial charge in [0.1, 0.15) is 0 Å². The molecule has 0 aromatic heterocycles. The van der Waals surface area contributed by atoms with Crippen molar-refractivity contribution in [1.82, 2.24) is 0 Å². The lowest BCUT2D eigenvalue weighted by Gasteiger charge is -2.27. The number of hydrogen-bond donors (Lipinski definition) is 0. The summed E-state index contributed by atoms with van der Waals surface area (Å²) in [6, 6.07) is 0. The molecule has 0 spiro atoms. The van der Waals surface area contributed by atoms with Crippen LogP contribution in [0.2, 0.25) is 0 Å². The Hall–Kier alpha value is -0.460. The van der Waals surface area contributed by atoms with Crippen LogP contribution in [0.15, 0.2) is 11.8 Å². The molecule has 1 nitrogen and oxygen atoms in total. The van der Waals surface area contributed by atoms with E-state index in [2.05, 4.69) is 19.9 Å². The third kappa shape index (κ3) is 1.76. The van der Waals surface area contributed by atoms with Gasteiger partial charge in [0, 0.05) is 6.42 Å². The van der Waals surface area contributed by atoms with Crippen LogP contribution in [-0.4, -0.2) is 7.11 Å². The highest BCUT2D eigenvalue weighted by atomic mass is 16.5. The predicted molar refractivity (Wildman–Crippen MR) is 42.7 cm³/mol. The van der Waals surface area contributed by atoms with Gasteiger partial charge >= 0.3 is 0 Å². The highest BCUT2D eigenvalue weighted by Crippen LogP contribution is 2.33. The van der Waals surface area contributed by atoms with Gasteiger partial charge in [0.2, 0.25) is 0 Å². The Bertz CT molecular complexity index is 145. The number of allylic oxidation sites excluding steroid dienone is 2. The van der Waals surface area contributed by atoms with E-state index in [0.29, 0.717) is 5.41 Å². The summed E-state index contributed by atoms with van der Waals surface area (Å²) in [5.41, 5.74) is 0.502. The number of rotatable bonds is 1. The van der Waals surface area contributed by atoms with Crippen molar-refractivity contribution < 1.29 is 4.74 Å². The van der Waals surface area contributed by atoms with Gasteiger partial charge in [-0.15, -0.1) is 0 Å². The molecule has 0 saturated carbocycles. The topological polar surface area (TPSA) is 9.23 Å². The second-order valence-corrected chi connectivity index (χ2v) is 3.74. The molecule has 1 aliphatic carbocycles. The Morgan fingerprint density at radius 2 is 2.20 bits per heavy atom. The fourth-order valence-electron chi connectivity index (χ4n) is 1.24. The van der Waals surface area contributed by atoms with Crippen LogP contribution < -0.4 is 0 Å². The molecule has 1 heteroatoms. The Labute approximate surface area is 63.1 Å². The van der Waals surface area contributed by atoms with Gasteiger partial charge < -0.3 is 4.74 Å². The molecule has 58 valence electrons. The lowest BCUT2D eigenvalue weighted by Crippen LogP contribution is -2.14. The maximum atomic E-state index is 5.15. The molecule has 0 unspecified atom stereocenters. The zero-order chi connectivity index (χ0) is 7.61. The number of ether oxygens (including phenoxy) is 1. The van der Waals surface area contributed by atoms with Crippen LogP contribution >= 0.6 is 0 Å². The fraction of sp³-hybridized carbons (Fsp3) is 0.778. The third-order valence-corrected chi connectivity index (χ3v) is 2.19. The third-order valence-electron chi connectivity index (χ3n) is 2.19. The van der Waals surface area contributed by atoms with E-state index in [-0.39, 0.29) is 0 Å². The molecule has 0 aliphatic heterocycles. The minimum atomic E-state index is 0.502. The van der Waals surface area contributed by atoms with Crippen LogP contribution in [0, 0.1) is 5.41 Å². The lowest BCUT2D eigenvalue weighted by molar-refractivity contribution is 0.224. The molecule has 1 aliphatic rings. The quantitative estimate of drug-likeness (QED) is 0.544. The van der Waals surface area contributed by atoms with Crippen LogP contribution in [-0.2, 0) is 4.74 Å². The standard InChI is InChI=1S/C9H16O/c1-9(2)6-4-8(10-3)5-7-9/h4H,5-7H2,1-3H3. The minimum Gasteiger partial charge on any atom is -0.501 e. The van der Waals surface area contributed by atoms with Gasteiger partial charge in [0.25, 0.3) is 0 Å². The fourth-order valence-corrected chi connectivity index (χ4v) is 1.24. The summed E-state index contributed by atoms with van der Waals surface area (Å²) in [5.74, 6) is 1.17. The van der Waals surface area contributed by atoms with Crippen LogP contribution in [0.5, 0.6) is 0 Å². The zero-order valence-electron chi connectivity index (χ0n) is 7.11. The normalized spacial score (nSPS) is 23.7. The summed E-state index contributed by atoms with van der Waals surface area (Å²) in [6.07, 6.45) is 5.75. The first-order valence-corrected chi connectivity index (χ1v) is 3.87. The summed E-state index contributed by atoms with van der Waals surface area (Å²) in [7, 11) is 1.75. The first-order chi connectivity index (χ1) is 4.64. The minimum absolute atomic E-state index is 0.502. The Morgan fingerprint density at radius 1 is 1.50 bits per heavy atom. The molecule has 0 atom stereocenters. The second-order valence-electron chi connectivity index (χ2n) is 3.74. The van der Waals surface area contributed by atoms with Crippen molar-refractivity contribution in [1.29, 1.82) is 0 Å². The van der Waals surface area contributed by atoms with Gasteiger partial charge in [-0.25, -0.2) is 0 Å². The molecule has 0 aromatic carbocycles. The Balaban J connectivity index is 2.52. The van der Waals surface area contributed by atoms with Crippen LogP contribution in [0.3, 0.4) is 0 Å². The summed E-state index contributed by atoms with van der Waals surface area (Å²) in [5, 5.41) is 0. The number of hydrogen-bond acceptors (Lipinski definition) is 1. The van der Waals surface area contributed by atoms with E-state index in [1.54, 1.807) is 7.11 Å². The highest BCUT2D eigenvalue weighted by Gasteiger charge is 2.21.